The summed E-state index contributed by atoms with van der Waals surface area (Å²) in [6.45, 7) is 6.27. The van der Waals surface area contributed by atoms with Gasteiger partial charge in [0.25, 0.3) is 0 Å². The molecule has 1 aromatic rings. The Hall–Kier alpha value is -2.49. The van der Waals surface area contributed by atoms with Crippen molar-refractivity contribution in [3.8, 4) is 6.07 Å². The van der Waals surface area contributed by atoms with E-state index >= 15 is 0 Å². The Labute approximate surface area is 130 Å². The molecule has 7 heteroatoms. The predicted molar refractivity (Wildman–Crippen MR) is 84.5 cm³/mol. The van der Waals surface area contributed by atoms with Gasteiger partial charge in [0.05, 0.1) is 5.56 Å². The van der Waals surface area contributed by atoms with Crippen LogP contribution in [-0.2, 0) is 10.3 Å². The van der Waals surface area contributed by atoms with E-state index in [-0.39, 0.29) is 23.9 Å². The van der Waals surface area contributed by atoms with Crippen molar-refractivity contribution in [1.29, 1.82) is 5.26 Å². The van der Waals surface area contributed by atoms with Gasteiger partial charge in [-0.25, -0.2) is 4.79 Å². The van der Waals surface area contributed by atoms with Crippen LogP contribution in [0, 0.1) is 11.3 Å². The molecule has 3 amide bonds. The maximum absolute atomic E-state index is 12.2. The highest BCUT2D eigenvalue weighted by Crippen LogP contribution is 2.24. The monoisotopic (exact) mass is 305 g/mol. The number of carbonyl (C=O) groups excluding carboxylic acids is 2. The molecule has 0 saturated carbocycles. The Morgan fingerprint density at radius 1 is 1.41 bits per heavy atom. The van der Waals surface area contributed by atoms with Gasteiger partial charge in [-0.2, -0.15) is 5.26 Å². The lowest BCUT2D eigenvalue weighted by Gasteiger charge is -2.25. The van der Waals surface area contributed by atoms with E-state index in [1.54, 1.807) is 26.4 Å². The molecule has 1 heterocycles. The molecule has 120 valence electrons. The van der Waals surface area contributed by atoms with Gasteiger partial charge in [-0.1, -0.05) is 0 Å². The smallest absolute Gasteiger partial charge is 0.322 e. The lowest BCUT2D eigenvalue weighted by atomic mass is 10.1. The number of rotatable bonds is 4. The lowest BCUT2D eigenvalue weighted by Crippen LogP contribution is -2.35. The molecule has 1 rings (SSSR count). The Balaban J connectivity index is 2.82. The molecule has 0 aromatic carbocycles. The van der Waals surface area contributed by atoms with Crippen LogP contribution >= 0.6 is 0 Å². The first kappa shape index (κ1) is 17.6. The Morgan fingerprint density at radius 3 is 2.55 bits per heavy atom. The zero-order valence-electron chi connectivity index (χ0n) is 13.7. The van der Waals surface area contributed by atoms with E-state index in [0.29, 0.717) is 17.9 Å². The second-order valence-electron chi connectivity index (χ2n) is 6.04. The van der Waals surface area contributed by atoms with Gasteiger partial charge in [-0.3, -0.25) is 10.1 Å². The summed E-state index contributed by atoms with van der Waals surface area (Å²) in [6, 6.07) is 3.38. The predicted octanol–water partition coefficient (Wildman–Crippen LogP) is 1.71. The van der Waals surface area contributed by atoms with Crippen molar-refractivity contribution in [2.45, 2.75) is 32.7 Å². The highest BCUT2D eigenvalue weighted by atomic mass is 16.2. The second-order valence-corrected chi connectivity index (χ2v) is 6.04. The minimum absolute atomic E-state index is 0.121. The van der Waals surface area contributed by atoms with Gasteiger partial charge >= 0.3 is 6.03 Å². The van der Waals surface area contributed by atoms with E-state index in [9.17, 15) is 9.59 Å². The fourth-order valence-corrected chi connectivity index (χ4v) is 1.88. The Morgan fingerprint density at radius 2 is 2.05 bits per heavy atom. The lowest BCUT2D eigenvalue weighted by molar-refractivity contribution is -0.120. The van der Waals surface area contributed by atoms with Crippen LogP contribution in [0.2, 0.25) is 0 Å². The molecule has 7 nitrogen and oxygen atoms in total. The first-order valence-electron chi connectivity index (χ1n) is 7.04. The van der Waals surface area contributed by atoms with Gasteiger partial charge < -0.3 is 14.8 Å². The highest BCUT2D eigenvalue weighted by molar-refractivity contribution is 5.89. The fraction of sp³-hybridized carbons (Fsp3) is 0.533. The standard InChI is InChI=1S/C15H23N5O2/c1-15(2,3)20-10-11(9-16)8-12(20)18-14(22)19(5)7-6-13(21)17-4/h8,10H,6-7H2,1-5H3,(H,17,21)(H,18,22). The number of nitrogens with zero attached hydrogens (tertiary/aromatic N) is 3. The molecule has 22 heavy (non-hydrogen) atoms. The molecule has 0 aliphatic heterocycles. The molecule has 0 spiro atoms. The third kappa shape index (κ3) is 4.52. The summed E-state index contributed by atoms with van der Waals surface area (Å²) in [6.07, 6.45) is 1.95. The van der Waals surface area contributed by atoms with Crippen molar-refractivity contribution in [1.82, 2.24) is 14.8 Å². The summed E-state index contributed by atoms with van der Waals surface area (Å²) >= 11 is 0. The molecule has 1 aromatic heterocycles. The molecule has 0 unspecified atom stereocenters. The first-order chi connectivity index (χ1) is 10.2. The summed E-state index contributed by atoms with van der Waals surface area (Å²) in [5.41, 5.74) is 0.219. The summed E-state index contributed by atoms with van der Waals surface area (Å²) in [5, 5.41) is 14.3. The molecule has 2 N–H and O–H groups in total. The number of aromatic nitrogens is 1. The third-order valence-electron chi connectivity index (χ3n) is 3.21. The van der Waals surface area contributed by atoms with Crippen LogP contribution in [-0.4, -0.2) is 42.0 Å². The largest absolute Gasteiger partial charge is 0.359 e. The summed E-state index contributed by atoms with van der Waals surface area (Å²) in [5.74, 6) is 0.435. The number of hydrogen-bond donors (Lipinski definition) is 2. The molecule has 0 fully saturated rings. The van der Waals surface area contributed by atoms with Crippen LogP contribution < -0.4 is 10.6 Å². The van der Waals surface area contributed by atoms with Crippen LogP contribution in [0.3, 0.4) is 0 Å². The van der Waals surface area contributed by atoms with Crippen LogP contribution in [0.25, 0.3) is 0 Å². The SMILES string of the molecule is CNC(=O)CCN(C)C(=O)Nc1cc(C#N)cn1C(C)(C)C. The Bertz CT molecular complexity index is 592. The number of urea groups is 1. The summed E-state index contributed by atoms with van der Waals surface area (Å²) < 4.78 is 1.84. The van der Waals surface area contributed by atoms with Gasteiger partial charge in [-0.05, 0) is 26.8 Å². The van der Waals surface area contributed by atoms with Crippen LogP contribution in [0.15, 0.2) is 12.3 Å². The van der Waals surface area contributed by atoms with Gasteiger partial charge in [0.1, 0.15) is 11.9 Å². The van der Waals surface area contributed by atoms with Gasteiger partial charge in [0.15, 0.2) is 0 Å². The molecule has 0 aliphatic rings. The van der Waals surface area contributed by atoms with Gasteiger partial charge in [0, 0.05) is 38.8 Å². The van der Waals surface area contributed by atoms with Crippen molar-refractivity contribution in [3.05, 3.63) is 17.8 Å². The normalized spacial score (nSPS) is 10.7. The molecule has 0 atom stereocenters. The van der Waals surface area contributed by atoms with E-state index in [0.717, 1.165) is 0 Å². The quantitative estimate of drug-likeness (QED) is 0.887. The van der Waals surface area contributed by atoms with E-state index < -0.39 is 0 Å². The molecule has 0 saturated heterocycles. The molecule has 0 radical (unpaired) electrons. The van der Waals surface area contributed by atoms with Crippen LogP contribution in [0.4, 0.5) is 10.6 Å². The van der Waals surface area contributed by atoms with Crippen LogP contribution in [0.1, 0.15) is 32.8 Å². The average molecular weight is 305 g/mol. The molecule has 0 aliphatic carbocycles. The van der Waals surface area contributed by atoms with Crippen molar-refractivity contribution >= 4 is 17.8 Å². The number of amides is 3. The highest BCUT2D eigenvalue weighted by Gasteiger charge is 2.20. The van der Waals surface area contributed by atoms with Crippen LogP contribution in [0.5, 0.6) is 0 Å². The minimum Gasteiger partial charge on any atom is -0.359 e. The topological polar surface area (TPSA) is 90.2 Å². The summed E-state index contributed by atoms with van der Waals surface area (Å²) in [4.78, 5) is 24.8. The van der Waals surface area contributed by atoms with Crippen molar-refractivity contribution in [2.75, 3.05) is 26.0 Å². The first-order valence-corrected chi connectivity index (χ1v) is 7.04. The minimum atomic E-state index is -0.322. The van der Waals surface area contributed by atoms with Gasteiger partial charge in [-0.15, -0.1) is 0 Å². The average Bonchev–Trinajstić information content (AvgIpc) is 2.87. The second kappa shape index (κ2) is 6.98. The number of nitrogens with one attached hydrogen (secondary N) is 2. The third-order valence-corrected chi connectivity index (χ3v) is 3.21. The Kier molecular flexibility index (Phi) is 5.57. The van der Waals surface area contributed by atoms with Crippen molar-refractivity contribution in [3.63, 3.8) is 0 Å². The molecular weight excluding hydrogens is 282 g/mol. The zero-order chi connectivity index (χ0) is 16.9. The van der Waals surface area contributed by atoms with E-state index in [4.69, 9.17) is 5.26 Å². The van der Waals surface area contributed by atoms with E-state index in [1.165, 1.54) is 4.90 Å². The number of anilines is 1. The van der Waals surface area contributed by atoms with Gasteiger partial charge in [0.2, 0.25) is 5.91 Å². The van der Waals surface area contributed by atoms with E-state index in [1.807, 2.05) is 25.3 Å². The number of carbonyl (C=O) groups is 2. The maximum Gasteiger partial charge on any atom is 0.322 e. The number of nitriles is 1. The van der Waals surface area contributed by atoms with Crippen molar-refractivity contribution < 1.29 is 9.59 Å². The summed E-state index contributed by atoms with van der Waals surface area (Å²) in [7, 11) is 3.18. The van der Waals surface area contributed by atoms with E-state index in [2.05, 4.69) is 16.7 Å². The zero-order valence-corrected chi connectivity index (χ0v) is 13.7. The maximum atomic E-state index is 12.2. The number of hydrogen-bond acceptors (Lipinski definition) is 3. The molecule has 0 bridgehead atoms. The fourth-order valence-electron chi connectivity index (χ4n) is 1.88. The molecular formula is C15H23N5O2. The van der Waals surface area contributed by atoms with Crippen molar-refractivity contribution in [2.24, 2.45) is 0 Å².